The number of nitrogens with two attached hydrogens (primary N) is 1. The van der Waals surface area contributed by atoms with E-state index in [1.165, 1.54) is 0 Å². The molecule has 1 aromatic heterocycles. The van der Waals surface area contributed by atoms with Crippen LogP contribution in [-0.2, 0) is 11.3 Å². The first-order valence-corrected chi connectivity index (χ1v) is 11.0. The van der Waals surface area contributed by atoms with E-state index in [0.29, 0.717) is 25.7 Å². The lowest BCUT2D eigenvalue weighted by atomic mass is 9.96. The number of carbonyl (C=O) groups excluding carboxylic acids is 1. The molecule has 0 aliphatic carbocycles. The highest BCUT2D eigenvalue weighted by atomic mass is 16.5. The van der Waals surface area contributed by atoms with E-state index < -0.39 is 0 Å². The normalized spacial score (nSPS) is 16.9. The number of primary amides is 1. The number of piperidine rings is 1. The van der Waals surface area contributed by atoms with Gasteiger partial charge in [0.05, 0.1) is 13.2 Å². The number of pyridine rings is 1. The Balaban J connectivity index is 1.39. The number of aromatic nitrogens is 1. The van der Waals surface area contributed by atoms with Crippen molar-refractivity contribution in [3.63, 3.8) is 0 Å². The van der Waals surface area contributed by atoms with Gasteiger partial charge in [-0.3, -0.25) is 9.79 Å². The van der Waals surface area contributed by atoms with Gasteiger partial charge in [-0.05, 0) is 31.0 Å². The molecule has 1 fully saturated rings. The molecule has 1 saturated heterocycles. The number of aliphatic imine (C=N–C) groups is 1. The summed E-state index contributed by atoms with van der Waals surface area (Å²) in [7, 11) is 1.73. The second-order valence-electron chi connectivity index (χ2n) is 7.91. The molecule has 2 aliphatic rings. The van der Waals surface area contributed by atoms with Gasteiger partial charge >= 0.3 is 0 Å². The molecule has 2 aliphatic heterocycles. The second kappa shape index (κ2) is 10.2. The Morgan fingerprint density at radius 3 is 2.75 bits per heavy atom. The average Bonchev–Trinajstić information content (AvgIpc) is 3.07. The smallest absolute Gasteiger partial charge is 0.220 e. The Labute approximate surface area is 188 Å². The van der Waals surface area contributed by atoms with E-state index in [2.05, 4.69) is 31.6 Å². The van der Waals surface area contributed by atoms with Crippen molar-refractivity contribution in [3.05, 3.63) is 42.1 Å². The van der Waals surface area contributed by atoms with Crippen LogP contribution in [0.3, 0.4) is 0 Å². The van der Waals surface area contributed by atoms with Crippen LogP contribution in [0.25, 0.3) is 0 Å². The van der Waals surface area contributed by atoms with Crippen LogP contribution < -0.4 is 30.7 Å². The minimum atomic E-state index is -0.211. The molecule has 9 nitrogen and oxygen atoms in total. The predicted molar refractivity (Wildman–Crippen MR) is 124 cm³/mol. The fourth-order valence-electron chi connectivity index (χ4n) is 3.96. The number of amides is 1. The van der Waals surface area contributed by atoms with Crippen LogP contribution in [0.5, 0.6) is 11.5 Å². The molecule has 0 unspecified atom stereocenters. The average molecular weight is 439 g/mol. The van der Waals surface area contributed by atoms with Crippen LogP contribution in [0.15, 0.2) is 41.5 Å². The lowest BCUT2D eigenvalue weighted by Crippen LogP contribution is -2.39. The maximum absolute atomic E-state index is 11.5. The van der Waals surface area contributed by atoms with Crippen LogP contribution in [0, 0.1) is 5.92 Å². The van der Waals surface area contributed by atoms with E-state index in [1.54, 1.807) is 13.2 Å². The van der Waals surface area contributed by atoms with Crippen LogP contribution in [0.4, 0.5) is 11.5 Å². The third kappa shape index (κ3) is 5.22. The zero-order chi connectivity index (χ0) is 22.3. The molecule has 0 radical (unpaired) electrons. The summed E-state index contributed by atoms with van der Waals surface area (Å²) < 4.78 is 11.5. The summed E-state index contributed by atoms with van der Waals surface area (Å²) in [6.07, 6.45) is 4.18. The van der Waals surface area contributed by atoms with Crippen molar-refractivity contribution in [1.82, 2.24) is 10.3 Å². The van der Waals surface area contributed by atoms with E-state index in [4.69, 9.17) is 15.2 Å². The summed E-state index contributed by atoms with van der Waals surface area (Å²) in [5.74, 6) is 2.80. The molecule has 0 atom stereocenters. The number of guanidine groups is 1. The molecule has 0 saturated carbocycles. The van der Waals surface area contributed by atoms with Crippen molar-refractivity contribution in [2.45, 2.75) is 25.8 Å². The lowest BCUT2D eigenvalue weighted by molar-refractivity contribution is -0.122. The van der Waals surface area contributed by atoms with Crippen molar-refractivity contribution in [1.29, 1.82) is 0 Å². The first kappa shape index (κ1) is 21.7. The zero-order valence-corrected chi connectivity index (χ0v) is 18.3. The second-order valence-corrected chi connectivity index (χ2v) is 7.91. The SMILES string of the molecule is CN=C(NCc1cccnc1N1CCC(C(N)=O)CC1)Nc1ccc2c(c1)OCCCO2. The van der Waals surface area contributed by atoms with E-state index in [0.717, 1.165) is 60.9 Å². The summed E-state index contributed by atoms with van der Waals surface area (Å²) in [5.41, 5.74) is 7.39. The molecule has 1 aromatic carbocycles. The number of benzene rings is 1. The van der Waals surface area contributed by atoms with Crippen molar-refractivity contribution in [3.8, 4) is 11.5 Å². The van der Waals surface area contributed by atoms with Gasteiger partial charge in [-0.2, -0.15) is 0 Å². The van der Waals surface area contributed by atoms with Gasteiger partial charge < -0.3 is 30.7 Å². The van der Waals surface area contributed by atoms with Gasteiger partial charge in [0.25, 0.3) is 0 Å². The van der Waals surface area contributed by atoms with E-state index >= 15 is 0 Å². The van der Waals surface area contributed by atoms with Gasteiger partial charge in [0, 0.05) is 62.5 Å². The summed E-state index contributed by atoms with van der Waals surface area (Å²) >= 11 is 0. The number of carbonyl (C=O) groups is 1. The number of nitrogens with zero attached hydrogens (tertiary/aromatic N) is 3. The van der Waals surface area contributed by atoms with Crippen LogP contribution >= 0.6 is 0 Å². The zero-order valence-electron chi connectivity index (χ0n) is 18.3. The number of nitrogens with one attached hydrogen (secondary N) is 2. The van der Waals surface area contributed by atoms with Crippen molar-refractivity contribution in [2.75, 3.05) is 43.6 Å². The molecule has 32 heavy (non-hydrogen) atoms. The Hall–Kier alpha value is -3.49. The van der Waals surface area contributed by atoms with Gasteiger partial charge in [0.2, 0.25) is 5.91 Å². The molecule has 9 heteroatoms. The summed E-state index contributed by atoms with van der Waals surface area (Å²) in [4.78, 5) is 22.6. The standard InChI is InChI=1S/C23H30N6O3/c1-25-23(28-18-5-6-19-20(14-18)32-13-3-12-31-19)27-15-17-4-2-9-26-22(17)29-10-7-16(8-11-29)21(24)30/h2,4-6,9,14,16H,3,7-8,10-13,15H2,1H3,(H2,24,30)(H2,25,27,28). The van der Waals surface area contributed by atoms with Crippen LogP contribution in [0.2, 0.25) is 0 Å². The molecular formula is C23H30N6O3. The molecule has 0 bridgehead atoms. The number of hydrogen-bond donors (Lipinski definition) is 3. The fourth-order valence-corrected chi connectivity index (χ4v) is 3.96. The minimum absolute atomic E-state index is 0.0464. The molecule has 4 N–H and O–H groups in total. The maximum Gasteiger partial charge on any atom is 0.220 e. The topological polar surface area (TPSA) is 114 Å². The largest absolute Gasteiger partial charge is 0.490 e. The summed E-state index contributed by atoms with van der Waals surface area (Å²) in [5, 5.41) is 6.66. The van der Waals surface area contributed by atoms with Gasteiger partial charge in [-0.1, -0.05) is 6.07 Å². The highest BCUT2D eigenvalue weighted by Gasteiger charge is 2.25. The number of fused-ring (bicyclic) bond motifs is 1. The molecule has 2 aromatic rings. The molecule has 170 valence electrons. The van der Waals surface area contributed by atoms with Gasteiger partial charge in [0.1, 0.15) is 5.82 Å². The fraction of sp³-hybridized carbons (Fsp3) is 0.435. The Morgan fingerprint density at radius 2 is 2.00 bits per heavy atom. The van der Waals surface area contributed by atoms with Crippen molar-refractivity contribution >= 4 is 23.4 Å². The maximum atomic E-state index is 11.5. The van der Waals surface area contributed by atoms with Gasteiger partial charge in [-0.15, -0.1) is 0 Å². The van der Waals surface area contributed by atoms with E-state index in [-0.39, 0.29) is 11.8 Å². The third-order valence-electron chi connectivity index (χ3n) is 5.74. The molecule has 1 amide bonds. The van der Waals surface area contributed by atoms with E-state index in [9.17, 15) is 4.79 Å². The quantitative estimate of drug-likeness (QED) is 0.484. The minimum Gasteiger partial charge on any atom is -0.490 e. The number of ether oxygens (including phenoxy) is 2. The predicted octanol–water partition coefficient (Wildman–Crippen LogP) is 2.13. The monoisotopic (exact) mass is 438 g/mol. The van der Waals surface area contributed by atoms with Gasteiger partial charge in [0.15, 0.2) is 17.5 Å². The van der Waals surface area contributed by atoms with E-state index in [1.807, 2.05) is 24.3 Å². The third-order valence-corrected chi connectivity index (χ3v) is 5.74. The lowest BCUT2D eigenvalue weighted by Gasteiger charge is -2.32. The summed E-state index contributed by atoms with van der Waals surface area (Å²) in [6, 6.07) is 9.75. The number of anilines is 2. The number of hydrogen-bond acceptors (Lipinski definition) is 6. The molecule has 4 rings (SSSR count). The highest BCUT2D eigenvalue weighted by Crippen LogP contribution is 2.32. The molecule has 3 heterocycles. The van der Waals surface area contributed by atoms with Crippen molar-refractivity contribution < 1.29 is 14.3 Å². The first-order chi connectivity index (χ1) is 15.6. The molecular weight excluding hydrogens is 408 g/mol. The van der Waals surface area contributed by atoms with Crippen LogP contribution in [-0.4, -0.2) is 50.2 Å². The molecule has 0 spiro atoms. The summed E-state index contributed by atoms with van der Waals surface area (Å²) in [6.45, 7) is 3.40. The van der Waals surface area contributed by atoms with Gasteiger partial charge in [-0.25, -0.2) is 4.98 Å². The number of rotatable bonds is 5. The van der Waals surface area contributed by atoms with Crippen molar-refractivity contribution in [2.24, 2.45) is 16.6 Å². The Kier molecular flexibility index (Phi) is 6.94. The Bertz CT molecular complexity index is 972. The first-order valence-electron chi connectivity index (χ1n) is 11.0. The van der Waals surface area contributed by atoms with Crippen LogP contribution in [0.1, 0.15) is 24.8 Å². The highest BCUT2D eigenvalue weighted by molar-refractivity contribution is 5.93. The Morgan fingerprint density at radius 1 is 1.22 bits per heavy atom.